The van der Waals surface area contributed by atoms with Crippen LogP contribution >= 0.6 is 11.3 Å². The van der Waals surface area contributed by atoms with Crippen LogP contribution in [0.5, 0.6) is 0 Å². The van der Waals surface area contributed by atoms with Gasteiger partial charge >= 0.3 is 0 Å². The van der Waals surface area contributed by atoms with E-state index < -0.39 is 5.92 Å². The zero-order valence-corrected chi connectivity index (χ0v) is 16.7. The number of hydrogen-bond donors (Lipinski definition) is 0. The van der Waals surface area contributed by atoms with Crippen molar-refractivity contribution in [1.29, 1.82) is 0 Å². The highest BCUT2D eigenvalue weighted by molar-refractivity contribution is 7.20. The fourth-order valence-corrected chi connectivity index (χ4v) is 4.45. The van der Waals surface area contributed by atoms with E-state index in [2.05, 4.69) is 20.1 Å². The Morgan fingerprint density at radius 2 is 2.03 bits per heavy atom. The molecule has 0 bridgehead atoms. The zero-order chi connectivity index (χ0) is 20.9. The summed E-state index contributed by atoms with van der Waals surface area (Å²) >= 11 is 1.20. The predicted molar refractivity (Wildman–Crippen MR) is 105 cm³/mol. The molecule has 1 aliphatic rings. The average Bonchev–Trinajstić information content (AvgIpc) is 3.47. The van der Waals surface area contributed by atoms with Gasteiger partial charge in [0.05, 0.1) is 16.8 Å². The molecule has 30 heavy (non-hydrogen) atoms. The molecule has 8 nitrogen and oxygen atoms in total. The van der Waals surface area contributed by atoms with Crippen LogP contribution < -0.4 is 0 Å². The van der Waals surface area contributed by atoms with Crippen molar-refractivity contribution >= 4 is 27.5 Å². The van der Waals surface area contributed by atoms with Gasteiger partial charge in [-0.25, -0.2) is 23.7 Å². The highest BCUT2D eigenvalue weighted by Crippen LogP contribution is 2.35. The van der Waals surface area contributed by atoms with Gasteiger partial charge in [0.2, 0.25) is 5.82 Å². The number of carbonyl (C=O) groups excluding carboxylic acids is 1. The summed E-state index contributed by atoms with van der Waals surface area (Å²) in [5, 5.41) is 4.88. The Morgan fingerprint density at radius 3 is 2.70 bits per heavy atom. The molecular formula is C19H16F2N6O2S. The number of alkyl halides is 2. The Kier molecular flexibility index (Phi) is 4.35. The first-order valence-corrected chi connectivity index (χ1v) is 10.1. The number of rotatable bonds is 3. The molecule has 4 aromatic heterocycles. The summed E-state index contributed by atoms with van der Waals surface area (Å²) in [6.07, 6.45) is 3.95. The van der Waals surface area contributed by atoms with E-state index >= 15 is 0 Å². The fourth-order valence-electron chi connectivity index (χ4n) is 3.45. The number of likely N-dealkylation sites (tertiary alicyclic amines) is 1. The molecule has 0 aliphatic carbocycles. The quantitative estimate of drug-likeness (QED) is 0.493. The minimum absolute atomic E-state index is 0.0297. The molecule has 11 heteroatoms. The molecule has 5 rings (SSSR count). The summed E-state index contributed by atoms with van der Waals surface area (Å²) in [5.74, 6) is -2.43. The molecule has 1 aliphatic heterocycles. The molecule has 0 spiro atoms. The van der Waals surface area contributed by atoms with E-state index in [1.54, 1.807) is 24.0 Å². The largest absolute Gasteiger partial charge is 0.442 e. The first kappa shape index (κ1) is 18.8. The van der Waals surface area contributed by atoms with Gasteiger partial charge in [-0.15, -0.1) is 11.3 Å². The predicted octanol–water partition coefficient (Wildman–Crippen LogP) is 3.62. The van der Waals surface area contributed by atoms with E-state index in [4.69, 9.17) is 4.42 Å². The van der Waals surface area contributed by atoms with Gasteiger partial charge in [-0.2, -0.15) is 5.10 Å². The van der Waals surface area contributed by atoms with Crippen LogP contribution in [0.25, 0.3) is 33.3 Å². The summed E-state index contributed by atoms with van der Waals surface area (Å²) in [6, 6.07) is 3.53. The Morgan fingerprint density at radius 1 is 1.23 bits per heavy atom. The second-order valence-corrected chi connectivity index (χ2v) is 8.08. The van der Waals surface area contributed by atoms with Crippen molar-refractivity contribution in [3.63, 3.8) is 0 Å². The maximum absolute atomic E-state index is 13.5. The number of halogens is 2. The number of carbonyl (C=O) groups is 1. The first-order valence-electron chi connectivity index (χ1n) is 9.28. The van der Waals surface area contributed by atoms with Crippen molar-refractivity contribution in [3.8, 4) is 23.1 Å². The lowest BCUT2D eigenvalue weighted by atomic mass is 10.1. The summed E-state index contributed by atoms with van der Waals surface area (Å²) in [5.41, 5.74) is 1.33. The molecule has 1 amide bonds. The Labute approximate surface area is 173 Å². The number of nitrogens with zero attached hydrogens (tertiary/aromatic N) is 6. The zero-order valence-electron chi connectivity index (χ0n) is 15.9. The van der Waals surface area contributed by atoms with Crippen molar-refractivity contribution in [1.82, 2.24) is 29.6 Å². The smallest absolute Gasteiger partial charge is 0.264 e. The number of amides is 1. The molecule has 0 N–H and O–H groups in total. The van der Waals surface area contributed by atoms with Gasteiger partial charge < -0.3 is 9.32 Å². The van der Waals surface area contributed by atoms with E-state index in [1.165, 1.54) is 28.7 Å². The second-order valence-electron chi connectivity index (χ2n) is 7.05. The minimum atomic E-state index is -2.71. The van der Waals surface area contributed by atoms with Gasteiger partial charge in [0.1, 0.15) is 16.8 Å². The molecule has 154 valence electrons. The third-order valence-electron chi connectivity index (χ3n) is 5.07. The number of thiophene rings is 1. The molecule has 0 radical (unpaired) electrons. The van der Waals surface area contributed by atoms with Gasteiger partial charge in [-0.1, -0.05) is 0 Å². The Balaban J connectivity index is 1.59. The van der Waals surface area contributed by atoms with Gasteiger partial charge in [-0.05, 0) is 12.1 Å². The second kappa shape index (κ2) is 6.94. The Bertz CT molecular complexity index is 1220. The minimum Gasteiger partial charge on any atom is -0.442 e. The van der Waals surface area contributed by atoms with Crippen molar-refractivity contribution in [3.05, 3.63) is 35.7 Å². The number of piperidine rings is 1. The molecule has 1 fully saturated rings. The van der Waals surface area contributed by atoms with E-state index in [0.29, 0.717) is 26.6 Å². The maximum Gasteiger partial charge on any atom is 0.264 e. The van der Waals surface area contributed by atoms with E-state index in [1.807, 2.05) is 6.07 Å². The van der Waals surface area contributed by atoms with Gasteiger partial charge in [0.15, 0.2) is 0 Å². The average molecular weight is 430 g/mol. The van der Waals surface area contributed by atoms with Crippen molar-refractivity contribution in [2.45, 2.75) is 18.8 Å². The van der Waals surface area contributed by atoms with Crippen molar-refractivity contribution in [2.24, 2.45) is 7.05 Å². The van der Waals surface area contributed by atoms with Gasteiger partial charge in [0, 0.05) is 44.6 Å². The van der Waals surface area contributed by atoms with Crippen LogP contribution in [0, 0.1) is 0 Å². The maximum atomic E-state index is 13.5. The van der Waals surface area contributed by atoms with Crippen LogP contribution in [0.3, 0.4) is 0 Å². The number of hydrogen-bond acceptors (Lipinski definition) is 7. The normalized spacial score (nSPS) is 16.3. The molecular weight excluding hydrogens is 414 g/mol. The molecule has 0 atom stereocenters. The topological polar surface area (TPSA) is 89.9 Å². The van der Waals surface area contributed by atoms with Crippen LogP contribution in [-0.2, 0) is 7.05 Å². The summed E-state index contributed by atoms with van der Waals surface area (Å²) < 4.78 is 33.9. The molecule has 0 unspecified atom stereocenters. The standard InChI is InChI=1S/C19H16F2N6O2S/c1-26-12(2-5-23-26)14-11-10-13(18(28)27-7-3-19(20,21)4-8-27)30-17(11)25-15(24-14)16-22-6-9-29-16/h2,5-6,9-10H,3-4,7-8H2,1H3. The fraction of sp³-hybridized carbons (Fsp3) is 0.316. The summed E-state index contributed by atoms with van der Waals surface area (Å²) in [4.78, 5) is 28.7. The van der Waals surface area contributed by atoms with Crippen molar-refractivity contribution < 1.29 is 18.0 Å². The van der Waals surface area contributed by atoms with E-state index in [0.717, 1.165) is 5.69 Å². The van der Waals surface area contributed by atoms with Crippen LogP contribution in [0.15, 0.2) is 35.2 Å². The number of aryl methyl sites for hydroxylation is 1. The van der Waals surface area contributed by atoms with Crippen LogP contribution in [0.2, 0.25) is 0 Å². The Hall–Kier alpha value is -3.21. The lowest BCUT2D eigenvalue weighted by Crippen LogP contribution is -2.42. The van der Waals surface area contributed by atoms with Gasteiger partial charge in [0.25, 0.3) is 17.7 Å². The summed E-state index contributed by atoms with van der Waals surface area (Å²) in [6.45, 7) is 0.0593. The van der Waals surface area contributed by atoms with Crippen LogP contribution in [0.1, 0.15) is 22.5 Å². The van der Waals surface area contributed by atoms with E-state index in [9.17, 15) is 13.6 Å². The SMILES string of the molecule is Cn1nccc1-c1nc(-c2ncco2)nc2sc(C(=O)N3CCC(F)(F)CC3)cc12. The number of fused-ring (bicyclic) bond motifs is 1. The van der Waals surface area contributed by atoms with Crippen LogP contribution in [-0.4, -0.2) is 54.6 Å². The lowest BCUT2D eigenvalue weighted by Gasteiger charge is -2.31. The number of oxazole rings is 1. The van der Waals surface area contributed by atoms with Crippen LogP contribution in [0.4, 0.5) is 8.78 Å². The molecule has 5 heterocycles. The molecule has 0 aromatic carbocycles. The van der Waals surface area contributed by atoms with E-state index in [-0.39, 0.29) is 37.7 Å². The molecule has 0 saturated carbocycles. The highest BCUT2D eigenvalue weighted by atomic mass is 32.1. The molecule has 4 aromatic rings. The third kappa shape index (κ3) is 3.24. The van der Waals surface area contributed by atoms with Crippen molar-refractivity contribution in [2.75, 3.05) is 13.1 Å². The summed E-state index contributed by atoms with van der Waals surface area (Å²) in [7, 11) is 1.79. The monoisotopic (exact) mass is 430 g/mol. The molecule has 1 saturated heterocycles. The van der Waals surface area contributed by atoms with Gasteiger partial charge in [-0.3, -0.25) is 9.48 Å². The number of aromatic nitrogens is 5. The third-order valence-corrected chi connectivity index (χ3v) is 6.09. The lowest BCUT2D eigenvalue weighted by molar-refractivity contribution is -0.0493. The first-order chi connectivity index (χ1) is 14.4. The highest BCUT2D eigenvalue weighted by Gasteiger charge is 2.36.